The van der Waals surface area contributed by atoms with Gasteiger partial charge in [-0.2, -0.15) is 0 Å². The monoisotopic (exact) mass is 361 g/mol. The molecule has 3 nitrogen and oxygen atoms in total. The summed E-state index contributed by atoms with van der Waals surface area (Å²) in [4.78, 5) is 0. The van der Waals surface area contributed by atoms with Crippen LogP contribution in [0.25, 0.3) is 0 Å². The van der Waals surface area contributed by atoms with E-state index >= 15 is 0 Å². The number of hydrogen-bond acceptors (Lipinski definition) is 3. The molecule has 8 heteroatoms. The maximum atomic E-state index is 12.9. The molecule has 1 aliphatic rings. The van der Waals surface area contributed by atoms with Crippen molar-refractivity contribution in [3.05, 3.63) is 23.3 Å². The van der Waals surface area contributed by atoms with E-state index in [9.17, 15) is 26.1 Å². The van der Waals surface area contributed by atoms with Crippen LogP contribution in [-0.2, 0) is 10.1 Å². The van der Waals surface area contributed by atoms with Gasteiger partial charge >= 0.3 is 0 Å². The Labute approximate surface area is 118 Å². The number of halogens is 4. The van der Waals surface area contributed by atoms with Gasteiger partial charge in [-0.15, -0.1) is 0 Å². The molecule has 0 aromatic carbocycles. The first-order valence-electron chi connectivity index (χ1n) is 5.51. The Morgan fingerprint density at radius 2 is 2.05 bits per heavy atom. The highest BCUT2D eigenvalue weighted by molar-refractivity contribution is 9.11. The Morgan fingerprint density at radius 3 is 2.53 bits per heavy atom. The molecule has 1 rings (SSSR count). The van der Waals surface area contributed by atoms with Crippen molar-refractivity contribution in [1.29, 1.82) is 0 Å². The van der Waals surface area contributed by atoms with Crippen molar-refractivity contribution in [2.75, 3.05) is 0 Å². The average molecular weight is 362 g/mol. The van der Waals surface area contributed by atoms with Crippen molar-refractivity contribution in [3.8, 4) is 0 Å². The molecule has 0 aromatic heterocycles. The lowest BCUT2D eigenvalue weighted by atomic mass is 9.93. The van der Waals surface area contributed by atoms with Gasteiger partial charge < -0.3 is 4.55 Å². The first-order chi connectivity index (χ1) is 8.57. The van der Waals surface area contributed by atoms with Crippen molar-refractivity contribution in [2.45, 2.75) is 42.4 Å². The molecule has 0 N–H and O–H groups in total. The van der Waals surface area contributed by atoms with Gasteiger partial charge in [0.1, 0.15) is 13.8 Å². The third kappa shape index (κ3) is 4.06. The standard InChI is InChI=1S/C11H14BrF3O3S/c1-7-4-5-11(12,19(16,17)18)6-8(7)2-3-9(13)10(14)15/h4-5,9-10H,2-3,6H2,1H3,(H,16,17,18)/p-1. The molecule has 0 amide bonds. The topological polar surface area (TPSA) is 57.2 Å². The lowest BCUT2D eigenvalue weighted by Gasteiger charge is -2.32. The Morgan fingerprint density at radius 1 is 1.47 bits per heavy atom. The fourth-order valence-corrected chi connectivity index (χ4v) is 2.81. The molecule has 1 aliphatic carbocycles. The van der Waals surface area contributed by atoms with E-state index in [4.69, 9.17) is 0 Å². The predicted molar refractivity (Wildman–Crippen MR) is 67.9 cm³/mol. The Hall–Kier alpha value is -0.340. The van der Waals surface area contributed by atoms with Gasteiger partial charge in [0.25, 0.3) is 6.43 Å². The average Bonchev–Trinajstić information content (AvgIpc) is 2.28. The van der Waals surface area contributed by atoms with Crippen LogP contribution in [0.1, 0.15) is 26.2 Å². The van der Waals surface area contributed by atoms with Gasteiger partial charge in [0, 0.05) is 6.42 Å². The van der Waals surface area contributed by atoms with Gasteiger partial charge in [-0.3, -0.25) is 0 Å². The van der Waals surface area contributed by atoms with Gasteiger partial charge in [0.15, 0.2) is 6.17 Å². The van der Waals surface area contributed by atoms with Crippen molar-refractivity contribution in [2.24, 2.45) is 0 Å². The smallest absolute Gasteiger partial charge is 0.269 e. The minimum absolute atomic E-state index is 0.00937. The predicted octanol–water partition coefficient (Wildman–Crippen LogP) is 3.28. The number of rotatable bonds is 5. The van der Waals surface area contributed by atoms with Crippen LogP contribution in [0.2, 0.25) is 0 Å². The van der Waals surface area contributed by atoms with Crippen molar-refractivity contribution >= 4 is 26.0 Å². The summed E-state index contributed by atoms with van der Waals surface area (Å²) in [5.41, 5.74) is 1.15. The third-order valence-corrected chi connectivity index (χ3v) is 5.85. The summed E-state index contributed by atoms with van der Waals surface area (Å²) >= 11 is 2.86. The summed E-state index contributed by atoms with van der Waals surface area (Å²) in [7, 11) is -4.63. The SMILES string of the molecule is CC1=C(CCC(F)C(F)F)CC(Br)(S(=O)(=O)[O-])C=C1. The molecule has 19 heavy (non-hydrogen) atoms. The highest BCUT2D eigenvalue weighted by atomic mass is 79.9. The van der Waals surface area contributed by atoms with E-state index in [1.165, 1.54) is 12.2 Å². The summed E-state index contributed by atoms with van der Waals surface area (Å²) in [5.74, 6) is 0. The second-order valence-electron chi connectivity index (χ2n) is 4.43. The zero-order valence-corrected chi connectivity index (χ0v) is 12.5. The summed E-state index contributed by atoms with van der Waals surface area (Å²) in [6.07, 6.45) is -3.23. The highest BCUT2D eigenvalue weighted by Gasteiger charge is 2.35. The molecule has 2 atom stereocenters. The minimum atomic E-state index is -4.63. The van der Waals surface area contributed by atoms with Crippen LogP contribution in [0.15, 0.2) is 23.3 Å². The second-order valence-corrected chi connectivity index (χ2v) is 8.00. The van der Waals surface area contributed by atoms with Crippen LogP contribution < -0.4 is 0 Å². The normalized spacial score (nSPS) is 26.1. The van der Waals surface area contributed by atoms with Gasteiger partial charge in [-0.25, -0.2) is 21.6 Å². The van der Waals surface area contributed by atoms with Crippen molar-refractivity contribution in [1.82, 2.24) is 0 Å². The largest absolute Gasteiger partial charge is 0.747 e. The van der Waals surface area contributed by atoms with Gasteiger partial charge in [-0.05, 0) is 19.8 Å². The quantitative estimate of drug-likeness (QED) is 0.557. The molecule has 0 saturated heterocycles. The van der Waals surface area contributed by atoms with E-state index in [0.717, 1.165) is 0 Å². The molecule has 0 bridgehead atoms. The van der Waals surface area contributed by atoms with Gasteiger partial charge in [0.2, 0.25) is 0 Å². The Kier molecular flexibility index (Phi) is 5.25. The number of alkyl halides is 4. The Balaban J connectivity index is 2.82. The molecule has 0 heterocycles. The van der Waals surface area contributed by atoms with Crippen molar-refractivity contribution in [3.63, 3.8) is 0 Å². The molecule has 0 aromatic rings. The zero-order valence-electron chi connectivity index (χ0n) is 10.1. The minimum Gasteiger partial charge on any atom is -0.747 e. The van der Waals surface area contributed by atoms with Crippen LogP contribution in [-0.4, -0.2) is 29.2 Å². The molecule has 0 saturated carbocycles. The molecule has 2 unspecified atom stereocenters. The number of hydrogen-bond donors (Lipinski definition) is 0. The van der Waals surface area contributed by atoms with Crippen LogP contribution in [0, 0.1) is 0 Å². The van der Waals surface area contributed by atoms with E-state index in [2.05, 4.69) is 15.9 Å². The first-order valence-corrected chi connectivity index (χ1v) is 7.71. The first kappa shape index (κ1) is 16.7. The summed E-state index contributed by atoms with van der Waals surface area (Å²) < 4.78 is 68.6. The van der Waals surface area contributed by atoms with E-state index in [1.807, 2.05) is 0 Å². The fraction of sp³-hybridized carbons (Fsp3) is 0.636. The Bertz CT molecular complexity index is 501. The molecule has 0 spiro atoms. The fourth-order valence-electron chi connectivity index (χ4n) is 1.75. The maximum absolute atomic E-state index is 12.9. The van der Waals surface area contributed by atoms with Crippen LogP contribution >= 0.6 is 15.9 Å². The van der Waals surface area contributed by atoms with Gasteiger partial charge in [-0.1, -0.05) is 39.2 Å². The lowest BCUT2D eigenvalue weighted by Crippen LogP contribution is -2.32. The molecule has 0 radical (unpaired) electrons. The van der Waals surface area contributed by atoms with E-state index in [0.29, 0.717) is 11.1 Å². The van der Waals surface area contributed by atoms with Crippen LogP contribution in [0.5, 0.6) is 0 Å². The van der Waals surface area contributed by atoms with Gasteiger partial charge in [0.05, 0.1) is 0 Å². The number of allylic oxidation sites excluding steroid dienone is 3. The maximum Gasteiger partial charge on any atom is 0.269 e. The summed E-state index contributed by atoms with van der Waals surface area (Å²) in [6.45, 7) is 1.66. The third-order valence-electron chi connectivity index (χ3n) is 3.01. The van der Waals surface area contributed by atoms with E-state index < -0.39 is 32.8 Å². The van der Waals surface area contributed by atoms with Crippen LogP contribution in [0.3, 0.4) is 0 Å². The highest BCUT2D eigenvalue weighted by Crippen LogP contribution is 2.39. The summed E-state index contributed by atoms with van der Waals surface area (Å²) in [5, 5.41) is 0. The van der Waals surface area contributed by atoms with E-state index in [1.54, 1.807) is 6.92 Å². The van der Waals surface area contributed by atoms with Crippen molar-refractivity contribution < 1.29 is 26.1 Å². The second kappa shape index (κ2) is 5.97. The van der Waals surface area contributed by atoms with E-state index in [-0.39, 0.29) is 12.8 Å². The van der Waals surface area contributed by atoms with Crippen LogP contribution in [0.4, 0.5) is 13.2 Å². The molecule has 110 valence electrons. The molecular formula is C11H13BrF3O3S-. The molecule has 0 fully saturated rings. The molecular weight excluding hydrogens is 349 g/mol. The summed E-state index contributed by atoms with van der Waals surface area (Å²) in [6, 6.07) is 0. The molecule has 0 aliphatic heterocycles. The zero-order chi connectivity index (χ0) is 14.8. The lowest BCUT2D eigenvalue weighted by molar-refractivity contribution is 0.0455.